The van der Waals surface area contributed by atoms with E-state index in [2.05, 4.69) is 26.2 Å². The molecule has 2 fully saturated rings. The first kappa shape index (κ1) is 19.5. The maximum Gasteiger partial charge on any atom is 0.169 e. The molecule has 0 spiro atoms. The van der Waals surface area contributed by atoms with Crippen LogP contribution < -0.4 is 5.32 Å². The number of nitrogens with one attached hydrogen (secondary N) is 1. The lowest BCUT2D eigenvalue weighted by atomic mass is 10.2. The van der Waals surface area contributed by atoms with Crippen molar-refractivity contribution in [1.82, 2.24) is 20.1 Å². The number of hydrogen-bond acceptors (Lipinski definition) is 5. The number of nitrogens with zero attached hydrogens (tertiary/aromatic N) is 3. The normalized spacial score (nSPS) is 20.8. The average molecular weight is 379 g/mol. The smallest absolute Gasteiger partial charge is 0.169 e. The third kappa shape index (κ3) is 6.46. The summed E-state index contributed by atoms with van der Waals surface area (Å²) in [6, 6.07) is 6.02. The van der Waals surface area contributed by atoms with Crippen LogP contribution in [0.2, 0.25) is 0 Å². The van der Waals surface area contributed by atoms with E-state index in [1.807, 2.05) is 18.3 Å². The molecule has 6 nitrogen and oxygen atoms in total. The predicted octanol–water partition coefficient (Wildman–Crippen LogP) is 1.66. The zero-order chi connectivity index (χ0) is 18.0. The van der Waals surface area contributed by atoms with Crippen molar-refractivity contribution in [3.63, 3.8) is 0 Å². The van der Waals surface area contributed by atoms with Gasteiger partial charge in [-0.3, -0.25) is 9.88 Å². The second-order valence-corrected chi connectivity index (χ2v) is 7.26. The summed E-state index contributed by atoms with van der Waals surface area (Å²) < 4.78 is 11.1. The summed E-state index contributed by atoms with van der Waals surface area (Å²) in [6.45, 7) is 8.16. The van der Waals surface area contributed by atoms with Crippen LogP contribution in [-0.2, 0) is 16.0 Å². The molecule has 2 aliphatic heterocycles. The molecular weight excluding hydrogens is 348 g/mol. The summed E-state index contributed by atoms with van der Waals surface area (Å²) >= 11 is 5.68. The Labute approximate surface area is 161 Å². The van der Waals surface area contributed by atoms with Gasteiger partial charge in [0.2, 0.25) is 0 Å². The Morgan fingerprint density at radius 3 is 2.92 bits per heavy atom. The van der Waals surface area contributed by atoms with Gasteiger partial charge in [0, 0.05) is 45.5 Å². The highest BCUT2D eigenvalue weighted by Gasteiger charge is 2.18. The molecule has 1 N–H and O–H groups in total. The van der Waals surface area contributed by atoms with E-state index in [9.17, 15) is 0 Å². The molecule has 0 aliphatic carbocycles. The third-order valence-electron chi connectivity index (χ3n) is 4.88. The van der Waals surface area contributed by atoms with Crippen molar-refractivity contribution in [3.05, 3.63) is 30.1 Å². The van der Waals surface area contributed by atoms with Crippen LogP contribution in [0.1, 0.15) is 25.0 Å². The van der Waals surface area contributed by atoms with Crippen molar-refractivity contribution in [1.29, 1.82) is 0 Å². The van der Waals surface area contributed by atoms with Gasteiger partial charge in [0.15, 0.2) is 5.11 Å². The van der Waals surface area contributed by atoms with E-state index in [0.717, 1.165) is 89.2 Å². The second kappa shape index (κ2) is 10.8. The van der Waals surface area contributed by atoms with Gasteiger partial charge in [-0.25, -0.2) is 0 Å². The zero-order valence-corrected chi connectivity index (χ0v) is 16.3. The topological polar surface area (TPSA) is 49.9 Å². The molecule has 1 aromatic rings. The third-order valence-corrected chi connectivity index (χ3v) is 5.28. The van der Waals surface area contributed by atoms with E-state index in [4.69, 9.17) is 21.7 Å². The first-order valence-electron chi connectivity index (χ1n) is 9.65. The first-order valence-corrected chi connectivity index (χ1v) is 10.1. The molecule has 1 atom stereocenters. The van der Waals surface area contributed by atoms with Crippen LogP contribution in [0.5, 0.6) is 0 Å². The van der Waals surface area contributed by atoms with Gasteiger partial charge < -0.3 is 19.7 Å². The molecule has 1 unspecified atom stereocenters. The predicted molar refractivity (Wildman–Crippen MR) is 106 cm³/mol. The highest BCUT2D eigenvalue weighted by Crippen LogP contribution is 2.11. The molecule has 26 heavy (non-hydrogen) atoms. The van der Waals surface area contributed by atoms with Gasteiger partial charge in [-0.05, 0) is 43.6 Å². The van der Waals surface area contributed by atoms with Gasteiger partial charge in [0.25, 0.3) is 0 Å². The Kier molecular flexibility index (Phi) is 8.07. The quantitative estimate of drug-likeness (QED) is 0.691. The number of hydrogen-bond donors (Lipinski definition) is 1. The molecule has 0 saturated carbocycles. The average Bonchev–Trinajstić information content (AvgIpc) is 3.21. The van der Waals surface area contributed by atoms with Crippen LogP contribution in [0.25, 0.3) is 0 Å². The highest BCUT2D eigenvalue weighted by molar-refractivity contribution is 7.80. The van der Waals surface area contributed by atoms with Crippen LogP contribution in [0.3, 0.4) is 0 Å². The summed E-state index contributed by atoms with van der Waals surface area (Å²) in [7, 11) is 0. The summed E-state index contributed by atoms with van der Waals surface area (Å²) in [5, 5.41) is 4.20. The number of morpholine rings is 1. The summed E-state index contributed by atoms with van der Waals surface area (Å²) in [5.74, 6) is 0. The highest BCUT2D eigenvalue weighted by atomic mass is 32.1. The maximum absolute atomic E-state index is 5.69. The van der Waals surface area contributed by atoms with E-state index in [0.29, 0.717) is 0 Å². The summed E-state index contributed by atoms with van der Waals surface area (Å²) in [5.41, 5.74) is 1.04. The summed E-state index contributed by atoms with van der Waals surface area (Å²) in [4.78, 5) is 9.15. The Morgan fingerprint density at radius 2 is 2.19 bits per heavy atom. The van der Waals surface area contributed by atoms with E-state index in [1.54, 1.807) is 0 Å². The summed E-state index contributed by atoms with van der Waals surface area (Å²) in [6.07, 6.45) is 5.47. The van der Waals surface area contributed by atoms with E-state index >= 15 is 0 Å². The molecule has 0 bridgehead atoms. The van der Waals surface area contributed by atoms with Crippen molar-refractivity contribution < 1.29 is 9.47 Å². The first-order chi connectivity index (χ1) is 12.8. The minimum Gasteiger partial charge on any atom is -0.379 e. The number of pyridine rings is 1. The van der Waals surface area contributed by atoms with Crippen molar-refractivity contribution in [2.75, 3.05) is 52.5 Å². The Hall–Kier alpha value is -1.28. The van der Waals surface area contributed by atoms with Crippen molar-refractivity contribution in [2.45, 2.75) is 31.9 Å². The number of ether oxygens (including phenoxy) is 2. The van der Waals surface area contributed by atoms with Crippen LogP contribution >= 0.6 is 12.2 Å². The second-order valence-electron chi connectivity index (χ2n) is 6.87. The standard InChI is InChI=1S/C19H30N4O2S/c26-19(21-15-18-6-3-12-25-18)23(16-17-5-1-2-7-20-17)9-4-8-22-10-13-24-14-11-22/h1-2,5,7,18H,3-4,6,8-16H2,(H,21,26). The van der Waals surface area contributed by atoms with Gasteiger partial charge in [0.05, 0.1) is 31.6 Å². The molecule has 3 rings (SSSR count). The Bertz CT molecular complexity index is 534. The molecular formula is C19H30N4O2S. The molecule has 0 aromatic carbocycles. The van der Waals surface area contributed by atoms with Gasteiger partial charge in [0.1, 0.15) is 0 Å². The van der Waals surface area contributed by atoms with E-state index in [-0.39, 0.29) is 6.10 Å². The largest absolute Gasteiger partial charge is 0.379 e. The molecule has 1 aromatic heterocycles. The van der Waals surface area contributed by atoms with Crippen molar-refractivity contribution in [2.24, 2.45) is 0 Å². The van der Waals surface area contributed by atoms with Gasteiger partial charge in [-0.2, -0.15) is 0 Å². The minimum absolute atomic E-state index is 0.290. The van der Waals surface area contributed by atoms with Crippen LogP contribution in [0, 0.1) is 0 Å². The molecule has 7 heteroatoms. The molecule has 144 valence electrons. The molecule has 2 saturated heterocycles. The number of aromatic nitrogens is 1. The molecule has 3 heterocycles. The zero-order valence-electron chi connectivity index (χ0n) is 15.4. The Balaban J connectivity index is 1.49. The molecule has 2 aliphatic rings. The van der Waals surface area contributed by atoms with Gasteiger partial charge in [-0.1, -0.05) is 6.07 Å². The number of rotatable bonds is 8. The lowest BCUT2D eigenvalue weighted by Gasteiger charge is -2.29. The fourth-order valence-electron chi connectivity index (χ4n) is 3.37. The van der Waals surface area contributed by atoms with Crippen molar-refractivity contribution >= 4 is 17.3 Å². The Morgan fingerprint density at radius 1 is 1.31 bits per heavy atom. The lowest BCUT2D eigenvalue weighted by Crippen LogP contribution is -2.44. The fourth-order valence-corrected chi connectivity index (χ4v) is 3.61. The monoisotopic (exact) mass is 378 g/mol. The van der Waals surface area contributed by atoms with Crippen LogP contribution in [0.4, 0.5) is 0 Å². The molecule has 0 amide bonds. The fraction of sp³-hybridized carbons (Fsp3) is 0.684. The number of thiocarbonyl (C=S) groups is 1. The van der Waals surface area contributed by atoms with Crippen molar-refractivity contribution in [3.8, 4) is 0 Å². The maximum atomic E-state index is 5.69. The molecule has 0 radical (unpaired) electrons. The van der Waals surface area contributed by atoms with E-state index < -0.39 is 0 Å². The van der Waals surface area contributed by atoms with Crippen LogP contribution in [-0.4, -0.2) is 78.5 Å². The van der Waals surface area contributed by atoms with Gasteiger partial charge >= 0.3 is 0 Å². The SMILES string of the molecule is S=C(NCC1CCCO1)N(CCCN1CCOCC1)Cc1ccccn1. The van der Waals surface area contributed by atoms with E-state index in [1.165, 1.54) is 0 Å². The van der Waals surface area contributed by atoms with Crippen LogP contribution in [0.15, 0.2) is 24.4 Å². The lowest BCUT2D eigenvalue weighted by molar-refractivity contribution is 0.0367. The minimum atomic E-state index is 0.290. The van der Waals surface area contributed by atoms with Gasteiger partial charge in [-0.15, -0.1) is 0 Å².